The highest BCUT2D eigenvalue weighted by Gasteiger charge is 2.23. The van der Waals surface area contributed by atoms with Crippen LogP contribution in [0.25, 0.3) is 0 Å². The predicted molar refractivity (Wildman–Crippen MR) is 84.6 cm³/mol. The second-order valence-corrected chi connectivity index (χ2v) is 5.78. The minimum absolute atomic E-state index is 0.297. The Hall–Kier alpha value is -1.87. The van der Waals surface area contributed by atoms with Gasteiger partial charge in [0.05, 0.1) is 0 Å². The van der Waals surface area contributed by atoms with Gasteiger partial charge in [-0.25, -0.2) is 0 Å². The maximum absolute atomic E-state index is 5.99. The van der Waals surface area contributed by atoms with E-state index in [4.69, 9.17) is 4.74 Å². The Morgan fingerprint density at radius 3 is 2.95 bits per heavy atom. The molecule has 1 aromatic heterocycles. The summed E-state index contributed by atoms with van der Waals surface area (Å²) in [5.41, 5.74) is 2.65. The lowest BCUT2D eigenvalue weighted by Gasteiger charge is -2.20. The summed E-state index contributed by atoms with van der Waals surface area (Å²) >= 11 is 0. The van der Waals surface area contributed by atoms with Crippen molar-refractivity contribution >= 4 is 0 Å². The van der Waals surface area contributed by atoms with E-state index in [1.165, 1.54) is 11.1 Å². The van der Waals surface area contributed by atoms with E-state index in [0.717, 1.165) is 38.1 Å². The van der Waals surface area contributed by atoms with Crippen LogP contribution in [0.15, 0.2) is 48.8 Å². The fraction of sp³-hybridized carbons (Fsp3) is 0.389. The van der Waals surface area contributed by atoms with Crippen LogP contribution in [0.1, 0.15) is 17.5 Å². The highest BCUT2D eigenvalue weighted by molar-refractivity contribution is 5.37. The third-order valence-electron chi connectivity index (χ3n) is 3.96. The van der Waals surface area contributed by atoms with E-state index in [9.17, 15) is 0 Å². The largest absolute Gasteiger partial charge is 0.488 e. The van der Waals surface area contributed by atoms with Crippen LogP contribution in [0, 0.1) is 0 Å². The van der Waals surface area contributed by atoms with E-state index >= 15 is 0 Å². The van der Waals surface area contributed by atoms with Crippen molar-refractivity contribution < 1.29 is 4.74 Å². The summed E-state index contributed by atoms with van der Waals surface area (Å²) < 4.78 is 5.99. The Morgan fingerprint density at radius 1 is 1.24 bits per heavy atom. The zero-order valence-corrected chi connectivity index (χ0v) is 12.5. The normalized spacial score (nSPS) is 16.8. The molecule has 2 heterocycles. The summed E-state index contributed by atoms with van der Waals surface area (Å²) in [6.45, 7) is 2.08. The lowest BCUT2D eigenvalue weighted by Crippen LogP contribution is -2.32. The number of para-hydroxylation sites is 1. The molecule has 0 bridgehead atoms. The number of rotatable bonds is 6. The van der Waals surface area contributed by atoms with E-state index in [1.54, 1.807) is 0 Å². The Morgan fingerprint density at radius 2 is 2.14 bits per heavy atom. The minimum Gasteiger partial charge on any atom is -0.488 e. The third-order valence-corrected chi connectivity index (χ3v) is 3.96. The lowest BCUT2D eigenvalue weighted by atomic mass is 10.1. The van der Waals surface area contributed by atoms with E-state index in [1.807, 2.05) is 24.5 Å². The molecule has 3 heteroatoms. The molecule has 0 amide bonds. The summed E-state index contributed by atoms with van der Waals surface area (Å²) in [7, 11) is 2.18. The molecule has 21 heavy (non-hydrogen) atoms. The number of aryl methyl sites for hydroxylation is 1. The predicted octanol–water partition coefficient (Wildman–Crippen LogP) is 2.95. The van der Waals surface area contributed by atoms with Gasteiger partial charge in [0.2, 0.25) is 0 Å². The second kappa shape index (κ2) is 6.72. The molecule has 3 rings (SSSR count). The minimum atomic E-state index is 0.297. The number of fused-ring (bicyclic) bond motifs is 1. The fourth-order valence-corrected chi connectivity index (χ4v) is 2.89. The molecule has 0 radical (unpaired) electrons. The summed E-state index contributed by atoms with van der Waals surface area (Å²) in [5.74, 6) is 1.06. The second-order valence-electron chi connectivity index (χ2n) is 5.78. The molecule has 1 atom stereocenters. The zero-order chi connectivity index (χ0) is 14.5. The standard InChI is InChI=1S/C18H22N2O/c1-20(11-5-7-15-6-4-10-19-13-15)14-17-12-16-8-2-3-9-18(16)21-17/h2-4,6,8-10,13,17H,5,7,11-12,14H2,1H3/t17-/m0/s1. The molecule has 0 saturated heterocycles. The SMILES string of the molecule is CN(CCCc1cccnc1)C[C@@H]1Cc2ccccc2O1. The molecule has 0 fully saturated rings. The first kappa shape index (κ1) is 14.1. The zero-order valence-electron chi connectivity index (χ0n) is 12.5. The van der Waals surface area contributed by atoms with Crippen LogP contribution in [-0.2, 0) is 12.8 Å². The molecular formula is C18H22N2O. The molecule has 110 valence electrons. The van der Waals surface area contributed by atoms with Gasteiger partial charge in [0, 0.05) is 25.4 Å². The van der Waals surface area contributed by atoms with Gasteiger partial charge < -0.3 is 9.64 Å². The van der Waals surface area contributed by atoms with Crippen LogP contribution < -0.4 is 4.74 Å². The van der Waals surface area contributed by atoms with E-state index in [-0.39, 0.29) is 0 Å². The molecular weight excluding hydrogens is 260 g/mol. The Balaban J connectivity index is 1.40. The van der Waals surface area contributed by atoms with Crippen LogP contribution in [-0.4, -0.2) is 36.1 Å². The number of nitrogens with zero attached hydrogens (tertiary/aromatic N) is 2. The van der Waals surface area contributed by atoms with Crippen molar-refractivity contribution in [2.75, 3.05) is 20.1 Å². The molecule has 1 aliphatic rings. The van der Waals surface area contributed by atoms with Gasteiger partial charge in [0.25, 0.3) is 0 Å². The first-order valence-electron chi connectivity index (χ1n) is 7.63. The van der Waals surface area contributed by atoms with Gasteiger partial charge in [-0.15, -0.1) is 0 Å². The van der Waals surface area contributed by atoms with Crippen molar-refractivity contribution in [3.8, 4) is 5.75 Å². The van der Waals surface area contributed by atoms with Gasteiger partial charge in [-0.2, -0.15) is 0 Å². The number of ether oxygens (including phenoxy) is 1. The van der Waals surface area contributed by atoms with E-state index in [2.05, 4.69) is 41.2 Å². The topological polar surface area (TPSA) is 25.4 Å². The Kier molecular flexibility index (Phi) is 4.51. The summed E-state index contributed by atoms with van der Waals surface area (Å²) in [6, 6.07) is 12.5. The van der Waals surface area contributed by atoms with Crippen molar-refractivity contribution in [1.82, 2.24) is 9.88 Å². The number of hydrogen-bond acceptors (Lipinski definition) is 3. The van der Waals surface area contributed by atoms with Crippen molar-refractivity contribution in [1.29, 1.82) is 0 Å². The molecule has 2 aromatic rings. The molecule has 1 aliphatic heterocycles. The molecule has 0 N–H and O–H groups in total. The molecule has 0 aliphatic carbocycles. The average Bonchev–Trinajstić information content (AvgIpc) is 2.90. The lowest BCUT2D eigenvalue weighted by molar-refractivity contribution is 0.168. The van der Waals surface area contributed by atoms with E-state index in [0.29, 0.717) is 6.10 Å². The number of aromatic nitrogens is 1. The average molecular weight is 282 g/mol. The molecule has 0 saturated carbocycles. The number of pyridine rings is 1. The first-order valence-corrected chi connectivity index (χ1v) is 7.63. The van der Waals surface area contributed by atoms with Gasteiger partial charge in [0.15, 0.2) is 0 Å². The maximum Gasteiger partial charge on any atom is 0.123 e. The van der Waals surface area contributed by atoms with Gasteiger partial charge in [-0.3, -0.25) is 4.98 Å². The third kappa shape index (κ3) is 3.82. The molecule has 1 aromatic carbocycles. The first-order chi connectivity index (χ1) is 10.3. The number of likely N-dealkylation sites (N-methyl/N-ethyl adjacent to an activating group) is 1. The smallest absolute Gasteiger partial charge is 0.123 e. The monoisotopic (exact) mass is 282 g/mol. The Labute approximate surface area is 126 Å². The van der Waals surface area contributed by atoms with Gasteiger partial charge in [0.1, 0.15) is 11.9 Å². The highest BCUT2D eigenvalue weighted by atomic mass is 16.5. The van der Waals surface area contributed by atoms with Gasteiger partial charge >= 0.3 is 0 Å². The van der Waals surface area contributed by atoms with Crippen molar-refractivity contribution in [2.45, 2.75) is 25.4 Å². The summed E-state index contributed by atoms with van der Waals surface area (Å²) in [6.07, 6.45) is 7.35. The fourth-order valence-electron chi connectivity index (χ4n) is 2.89. The van der Waals surface area contributed by atoms with Crippen molar-refractivity contribution in [2.24, 2.45) is 0 Å². The highest BCUT2D eigenvalue weighted by Crippen LogP contribution is 2.28. The number of benzene rings is 1. The van der Waals surface area contributed by atoms with Crippen LogP contribution in [0.4, 0.5) is 0 Å². The van der Waals surface area contributed by atoms with Crippen LogP contribution in [0.2, 0.25) is 0 Å². The van der Waals surface area contributed by atoms with Crippen molar-refractivity contribution in [3.63, 3.8) is 0 Å². The molecule has 0 unspecified atom stereocenters. The summed E-state index contributed by atoms with van der Waals surface area (Å²) in [4.78, 5) is 6.52. The quantitative estimate of drug-likeness (QED) is 0.814. The van der Waals surface area contributed by atoms with E-state index < -0.39 is 0 Å². The van der Waals surface area contributed by atoms with Crippen LogP contribution in [0.5, 0.6) is 5.75 Å². The van der Waals surface area contributed by atoms with Gasteiger partial charge in [-0.05, 0) is 49.7 Å². The van der Waals surface area contributed by atoms with Crippen LogP contribution >= 0.6 is 0 Å². The van der Waals surface area contributed by atoms with Gasteiger partial charge in [-0.1, -0.05) is 24.3 Å². The Bertz CT molecular complexity index is 545. The van der Waals surface area contributed by atoms with Crippen LogP contribution in [0.3, 0.4) is 0 Å². The number of hydrogen-bond donors (Lipinski definition) is 0. The maximum atomic E-state index is 5.99. The van der Waals surface area contributed by atoms with Crippen molar-refractivity contribution in [3.05, 3.63) is 59.9 Å². The molecule has 0 spiro atoms. The molecule has 3 nitrogen and oxygen atoms in total. The summed E-state index contributed by atoms with van der Waals surface area (Å²) in [5, 5.41) is 0.